The van der Waals surface area contributed by atoms with Gasteiger partial charge in [0.25, 0.3) is 0 Å². The van der Waals surface area contributed by atoms with E-state index < -0.39 is 0 Å². The van der Waals surface area contributed by atoms with Gasteiger partial charge in [-0.25, -0.2) is 9.97 Å². The number of hydrogen-bond acceptors (Lipinski definition) is 4. The molecule has 0 saturated heterocycles. The first-order valence-corrected chi connectivity index (χ1v) is 8.10. The van der Waals surface area contributed by atoms with E-state index in [1.807, 2.05) is 19.3 Å². The van der Waals surface area contributed by atoms with Crippen molar-refractivity contribution in [2.45, 2.75) is 33.6 Å². The van der Waals surface area contributed by atoms with Crippen LogP contribution in [0.15, 0.2) is 16.7 Å². The third kappa shape index (κ3) is 4.03. The predicted molar refractivity (Wildman–Crippen MR) is 89.3 cm³/mol. The van der Waals surface area contributed by atoms with Crippen LogP contribution in [0.4, 0.5) is 5.82 Å². The van der Waals surface area contributed by atoms with Crippen LogP contribution in [0.2, 0.25) is 0 Å². The molecule has 0 atom stereocenters. The van der Waals surface area contributed by atoms with Crippen molar-refractivity contribution in [3.8, 4) is 11.5 Å². The molecule has 0 aromatic carbocycles. The summed E-state index contributed by atoms with van der Waals surface area (Å²) in [4.78, 5) is 9.31. The Kier molecular flexibility index (Phi) is 5.33. The highest BCUT2D eigenvalue weighted by molar-refractivity contribution is 9.10. The van der Waals surface area contributed by atoms with Crippen LogP contribution in [0.3, 0.4) is 0 Å². The molecule has 0 radical (unpaired) electrons. The van der Waals surface area contributed by atoms with Gasteiger partial charge in [0.05, 0.1) is 10.2 Å². The topological polar surface area (TPSA) is 55.6 Å². The van der Waals surface area contributed by atoms with E-state index in [-0.39, 0.29) is 0 Å². The number of aryl methyl sites for hydroxylation is 1. The zero-order valence-corrected chi connectivity index (χ0v) is 14.6. The maximum absolute atomic E-state index is 4.69. The molecule has 2 aromatic heterocycles. The molecule has 5 nitrogen and oxygen atoms in total. The predicted octanol–water partition coefficient (Wildman–Crippen LogP) is 3.66. The van der Waals surface area contributed by atoms with Gasteiger partial charge in [-0.3, -0.25) is 4.68 Å². The minimum Gasteiger partial charge on any atom is -0.369 e. The van der Waals surface area contributed by atoms with Crippen LogP contribution >= 0.6 is 15.9 Å². The summed E-state index contributed by atoms with van der Waals surface area (Å²) < 4.78 is 2.73. The van der Waals surface area contributed by atoms with Gasteiger partial charge in [-0.15, -0.1) is 0 Å². The average Bonchev–Trinajstić information content (AvgIpc) is 2.86. The quantitative estimate of drug-likeness (QED) is 0.862. The molecule has 0 amide bonds. The summed E-state index contributed by atoms with van der Waals surface area (Å²) in [5, 5.41) is 7.76. The van der Waals surface area contributed by atoms with Crippen LogP contribution in [-0.4, -0.2) is 26.3 Å². The third-order valence-electron chi connectivity index (χ3n) is 3.01. The van der Waals surface area contributed by atoms with Crippen molar-refractivity contribution in [2.24, 2.45) is 13.0 Å². The van der Waals surface area contributed by atoms with Gasteiger partial charge in [-0.2, -0.15) is 5.10 Å². The van der Waals surface area contributed by atoms with Gasteiger partial charge in [0.1, 0.15) is 11.5 Å². The molecular formula is C15H22BrN5. The molecule has 21 heavy (non-hydrogen) atoms. The lowest BCUT2D eigenvalue weighted by Crippen LogP contribution is -2.09. The number of nitrogens with zero attached hydrogens (tertiary/aromatic N) is 4. The first-order chi connectivity index (χ1) is 10.0. The number of anilines is 1. The molecule has 0 aliphatic rings. The summed E-state index contributed by atoms with van der Waals surface area (Å²) in [7, 11) is 1.90. The summed E-state index contributed by atoms with van der Waals surface area (Å²) in [5.41, 5.74) is 1.83. The number of halogens is 1. The SMILES string of the molecule is CCCNc1nc(-c2ccn(C)n2)nc(CC(C)C)c1Br. The van der Waals surface area contributed by atoms with E-state index in [4.69, 9.17) is 4.98 Å². The summed E-state index contributed by atoms with van der Waals surface area (Å²) >= 11 is 3.64. The highest BCUT2D eigenvalue weighted by atomic mass is 79.9. The second-order valence-electron chi connectivity index (χ2n) is 5.56. The van der Waals surface area contributed by atoms with E-state index >= 15 is 0 Å². The Morgan fingerprint density at radius 2 is 2.10 bits per heavy atom. The monoisotopic (exact) mass is 351 g/mol. The molecule has 0 spiro atoms. The van der Waals surface area contributed by atoms with Crippen LogP contribution in [0, 0.1) is 5.92 Å². The lowest BCUT2D eigenvalue weighted by Gasteiger charge is -2.13. The molecule has 1 N–H and O–H groups in total. The van der Waals surface area contributed by atoms with Crippen LogP contribution < -0.4 is 5.32 Å². The number of nitrogens with one attached hydrogen (secondary N) is 1. The fourth-order valence-corrected chi connectivity index (χ4v) is 2.50. The standard InChI is InChI=1S/C15H22BrN5/c1-5-7-17-15-13(16)12(9-10(2)3)18-14(19-15)11-6-8-21(4)20-11/h6,8,10H,5,7,9H2,1-4H3,(H,17,18,19). The normalized spacial score (nSPS) is 11.1. The molecule has 0 saturated carbocycles. The van der Waals surface area contributed by atoms with Crippen molar-refractivity contribution in [3.05, 3.63) is 22.4 Å². The van der Waals surface area contributed by atoms with E-state index in [0.717, 1.165) is 41.1 Å². The lowest BCUT2D eigenvalue weighted by molar-refractivity contribution is 0.632. The van der Waals surface area contributed by atoms with Crippen molar-refractivity contribution >= 4 is 21.7 Å². The van der Waals surface area contributed by atoms with Gasteiger partial charge in [-0.1, -0.05) is 20.8 Å². The molecule has 0 bridgehead atoms. The largest absolute Gasteiger partial charge is 0.369 e. The van der Waals surface area contributed by atoms with E-state index in [0.29, 0.717) is 11.7 Å². The molecule has 114 valence electrons. The number of rotatable bonds is 6. The minimum absolute atomic E-state index is 0.534. The van der Waals surface area contributed by atoms with Crippen molar-refractivity contribution in [1.29, 1.82) is 0 Å². The first kappa shape index (κ1) is 15.9. The fraction of sp³-hybridized carbons (Fsp3) is 0.533. The molecule has 0 aliphatic heterocycles. The molecule has 2 aromatic rings. The fourth-order valence-electron chi connectivity index (χ4n) is 2.02. The second kappa shape index (κ2) is 7.02. The highest BCUT2D eigenvalue weighted by Gasteiger charge is 2.15. The van der Waals surface area contributed by atoms with E-state index in [1.165, 1.54) is 0 Å². The van der Waals surface area contributed by atoms with Crippen molar-refractivity contribution in [2.75, 3.05) is 11.9 Å². The van der Waals surface area contributed by atoms with Crippen molar-refractivity contribution < 1.29 is 0 Å². The molecule has 2 heterocycles. The molecule has 0 fully saturated rings. The summed E-state index contributed by atoms with van der Waals surface area (Å²) in [6.45, 7) is 7.40. The van der Waals surface area contributed by atoms with Crippen LogP contribution in [0.25, 0.3) is 11.5 Å². The van der Waals surface area contributed by atoms with Gasteiger partial charge in [0.15, 0.2) is 5.82 Å². The summed E-state index contributed by atoms with van der Waals surface area (Å²) in [6, 6.07) is 1.94. The van der Waals surface area contributed by atoms with Gasteiger partial charge < -0.3 is 5.32 Å². The Hall–Kier alpha value is -1.43. The zero-order valence-electron chi connectivity index (χ0n) is 13.0. The molecule has 6 heteroatoms. The van der Waals surface area contributed by atoms with Crippen molar-refractivity contribution in [3.63, 3.8) is 0 Å². The maximum atomic E-state index is 4.69. The van der Waals surface area contributed by atoms with E-state index in [9.17, 15) is 0 Å². The Balaban J connectivity index is 2.44. The minimum atomic E-state index is 0.534. The van der Waals surface area contributed by atoms with Gasteiger partial charge in [0, 0.05) is 19.8 Å². The summed E-state index contributed by atoms with van der Waals surface area (Å²) in [5.74, 6) is 2.06. The number of hydrogen-bond donors (Lipinski definition) is 1. The van der Waals surface area contributed by atoms with Gasteiger partial charge in [0.2, 0.25) is 0 Å². The smallest absolute Gasteiger partial charge is 0.182 e. The van der Waals surface area contributed by atoms with Gasteiger partial charge >= 0.3 is 0 Å². The Bertz CT molecular complexity index is 606. The highest BCUT2D eigenvalue weighted by Crippen LogP contribution is 2.28. The third-order valence-corrected chi connectivity index (χ3v) is 3.84. The Labute approximate surface area is 134 Å². The maximum Gasteiger partial charge on any atom is 0.182 e. The van der Waals surface area contributed by atoms with Gasteiger partial charge in [-0.05, 0) is 40.8 Å². The van der Waals surface area contributed by atoms with E-state index in [2.05, 4.69) is 52.1 Å². The average molecular weight is 352 g/mol. The molecule has 0 aliphatic carbocycles. The first-order valence-electron chi connectivity index (χ1n) is 7.31. The van der Waals surface area contributed by atoms with Crippen LogP contribution in [0.1, 0.15) is 32.9 Å². The lowest BCUT2D eigenvalue weighted by atomic mass is 10.1. The van der Waals surface area contributed by atoms with E-state index in [1.54, 1.807) is 4.68 Å². The van der Waals surface area contributed by atoms with Crippen LogP contribution in [-0.2, 0) is 13.5 Å². The molecular weight excluding hydrogens is 330 g/mol. The molecule has 0 unspecified atom stereocenters. The zero-order chi connectivity index (χ0) is 15.4. The molecule has 2 rings (SSSR count). The Morgan fingerprint density at radius 3 is 2.67 bits per heavy atom. The van der Waals surface area contributed by atoms with Crippen molar-refractivity contribution in [1.82, 2.24) is 19.7 Å². The van der Waals surface area contributed by atoms with Crippen LogP contribution in [0.5, 0.6) is 0 Å². The Morgan fingerprint density at radius 1 is 1.33 bits per heavy atom. The summed E-state index contributed by atoms with van der Waals surface area (Å²) in [6.07, 6.45) is 3.86. The number of aromatic nitrogens is 4. The second-order valence-corrected chi connectivity index (χ2v) is 6.35.